The third-order valence-corrected chi connectivity index (χ3v) is 9.78. The Hall–Kier alpha value is -2.94. The number of amides is 1. The van der Waals surface area contributed by atoms with E-state index in [1.54, 1.807) is 18.4 Å². The van der Waals surface area contributed by atoms with Gasteiger partial charge in [-0.3, -0.25) is 19.7 Å². The van der Waals surface area contributed by atoms with Crippen LogP contribution in [0.4, 0.5) is 5.69 Å². The van der Waals surface area contributed by atoms with E-state index < -0.39 is 32.7 Å². The molecule has 2 aromatic heterocycles. The fourth-order valence-corrected chi connectivity index (χ4v) is 7.57. The first-order chi connectivity index (χ1) is 16.7. The van der Waals surface area contributed by atoms with Crippen LogP contribution in [-0.4, -0.2) is 53.8 Å². The van der Waals surface area contributed by atoms with E-state index in [9.17, 15) is 28.1 Å². The van der Waals surface area contributed by atoms with Crippen LogP contribution in [0.3, 0.4) is 0 Å². The number of sulfonamides is 1. The minimum atomic E-state index is -3.69. The molecule has 4 rings (SSSR count). The summed E-state index contributed by atoms with van der Waals surface area (Å²) in [5, 5.41) is 12.9. The van der Waals surface area contributed by atoms with Gasteiger partial charge in [0, 0.05) is 25.2 Å². The number of nitrogens with zero attached hydrogens (tertiary/aromatic N) is 4. The van der Waals surface area contributed by atoms with Crippen LogP contribution in [0.15, 0.2) is 44.9 Å². The summed E-state index contributed by atoms with van der Waals surface area (Å²) in [6.45, 7) is 1.96. The molecule has 0 spiro atoms. The summed E-state index contributed by atoms with van der Waals surface area (Å²) in [5.41, 5.74) is 0.382. The minimum Gasteiger partial charge on any atom is -0.465 e. The topological polar surface area (TPSA) is 141 Å². The summed E-state index contributed by atoms with van der Waals surface area (Å²) < 4.78 is 34.3. The second-order valence-electron chi connectivity index (χ2n) is 7.77. The predicted octanol–water partition coefficient (Wildman–Crippen LogP) is 2.76. The molecule has 35 heavy (non-hydrogen) atoms. The van der Waals surface area contributed by atoms with Gasteiger partial charge >= 0.3 is 5.97 Å². The summed E-state index contributed by atoms with van der Waals surface area (Å²) in [4.78, 5) is 40.4. The third-order valence-electron chi connectivity index (χ3n) is 5.50. The molecular formula is C21H22N4O7S3. The summed E-state index contributed by atoms with van der Waals surface area (Å²) in [6.07, 6.45) is 0.991. The van der Waals surface area contributed by atoms with Gasteiger partial charge in [0.15, 0.2) is 4.80 Å². The van der Waals surface area contributed by atoms with Crippen LogP contribution in [0.2, 0.25) is 0 Å². The number of non-ortho nitro benzene ring substituents is 1. The zero-order valence-electron chi connectivity index (χ0n) is 18.7. The highest BCUT2D eigenvalue weighted by Gasteiger charge is 2.34. The monoisotopic (exact) mass is 538 g/mol. The van der Waals surface area contributed by atoms with Crippen LogP contribution < -0.4 is 4.80 Å². The fourth-order valence-electron chi connectivity index (χ4n) is 3.83. The Labute approximate surface area is 208 Å². The molecule has 0 N–H and O–H groups in total. The number of nitro benzene ring substituents is 1. The Kier molecular flexibility index (Phi) is 7.44. The Bertz CT molecular complexity index is 1440. The number of carbonyl (C=O) groups is 2. The largest absolute Gasteiger partial charge is 0.465 e. The van der Waals surface area contributed by atoms with Gasteiger partial charge in [-0.15, -0.1) is 11.3 Å². The Morgan fingerprint density at radius 1 is 1.31 bits per heavy atom. The first-order valence-electron chi connectivity index (χ1n) is 10.8. The first-order valence-corrected chi connectivity index (χ1v) is 13.9. The molecule has 14 heteroatoms. The first kappa shape index (κ1) is 25.2. The van der Waals surface area contributed by atoms with E-state index in [1.807, 2.05) is 0 Å². The van der Waals surface area contributed by atoms with E-state index in [1.165, 1.54) is 33.1 Å². The van der Waals surface area contributed by atoms with Crippen molar-refractivity contribution in [3.05, 3.63) is 50.6 Å². The van der Waals surface area contributed by atoms with E-state index in [4.69, 9.17) is 4.74 Å². The molecule has 0 saturated carbocycles. The van der Waals surface area contributed by atoms with E-state index >= 15 is 0 Å². The molecule has 0 radical (unpaired) electrons. The Morgan fingerprint density at radius 2 is 2.11 bits per heavy atom. The number of thiophene rings is 1. The van der Waals surface area contributed by atoms with E-state index in [0.717, 1.165) is 22.7 Å². The molecule has 1 atom stereocenters. The fraction of sp³-hybridized carbons (Fsp3) is 0.381. The van der Waals surface area contributed by atoms with Crippen molar-refractivity contribution < 1.29 is 27.7 Å². The Morgan fingerprint density at radius 3 is 2.80 bits per heavy atom. The smallest absolute Gasteiger partial charge is 0.326 e. The van der Waals surface area contributed by atoms with Gasteiger partial charge in [0.1, 0.15) is 10.8 Å². The van der Waals surface area contributed by atoms with Crippen molar-refractivity contribution in [3.8, 4) is 0 Å². The molecule has 1 aliphatic heterocycles. The maximum absolute atomic E-state index is 13.1. The van der Waals surface area contributed by atoms with E-state index in [2.05, 4.69) is 4.99 Å². The highest BCUT2D eigenvalue weighted by molar-refractivity contribution is 7.91. The molecule has 0 aliphatic carbocycles. The van der Waals surface area contributed by atoms with Crippen molar-refractivity contribution in [2.24, 2.45) is 10.9 Å². The standard InChI is InChI=1S/C21H22N4O7S3/c1-2-32-18(26)13-24-16-8-7-15(25(28)29)11-17(16)34-21(24)22-20(27)14-5-3-9-23(12-14)35(30,31)19-6-4-10-33-19/h4,6-8,10-11,14H,2-3,5,9,12-13H2,1H3. The average Bonchev–Trinajstić information content (AvgIpc) is 3.48. The Balaban J connectivity index is 1.67. The number of benzene rings is 1. The van der Waals surface area contributed by atoms with Gasteiger partial charge in [-0.25, -0.2) is 8.42 Å². The second-order valence-corrected chi connectivity index (χ2v) is 11.9. The summed E-state index contributed by atoms with van der Waals surface area (Å²) in [6, 6.07) is 7.37. The number of esters is 1. The van der Waals surface area contributed by atoms with Gasteiger partial charge in [0.05, 0.1) is 27.7 Å². The van der Waals surface area contributed by atoms with Crippen molar-refractivity contribution in [3.63, 3.8) is 0 Å². The molecule has 1 aromatic carbocycles. The quantitative estimate of drug-likeness (QED) is 0.256. The zero-order chi connectivity index (χ0) is 25.2. The summed E-state index contributed by atoms with van der Waals surface area (Å²) >= 11 is 2.17. The summed E-state index contributed by atoms with van der Waals surface area (Å²) in [7, 11) is -3.69. The van der Waals surface area contributed by atoms with E-state index in [0.29, 0.717) is 29.6 Å². The van der Waals surface area contributed by atoms with Crippen LogP contribution in [0.5, 0.6) is 0 Å². The molecule has 0 bridgehead atoms. The molecular weight excluding hydrogens is 516 g/mol. The number of aromatic nitrogens is 1. The molecule has 1 fully saturated rings. The third kappa shape index (κ3) is 5.34. The van der Waals surface area contributed by atoms with Gasteiger partial charge < -0.3 is 9.30 Å². The number of thiazole rings is 1. The molecule has 3 aromatic rings. The van der Waals surface area contributed by atoms with Gasteiger partial charge in [0.25, 0.3) is 21.6 Å². The van der Waals surface area contributed by atoms with Crippen LogP contribution in [-0.2, 0) is 30.9 Å². The maximum Gasteiger partial charge on any atom is 0.326 e. The van der Waals surface area contributed by atoms with Gasteiger partial charge in [-0.2, -0.15) is 9.30 Å². The van der Waals surface area contributed by atoms with Crippen molar-refractivity contribution in [2.45, 2.75) is 30.5 Å². The lowest BCUT2D eigenvalue weighted by molar-refractivity contribution is -0.384. The molecule has 1 aliphatic rings. The molecule has 1 unspecified atom stereocenters. The van der Waals surface area contributed by atoms with Gasteiger partial charge in [-0.1, -0.05) is 17.4 Å². The van der Waals surface area contributed by atoms with Crippen molar-refractivity contribution in [2.75, 3.05) is 19.7 Å². The average molecular weight is 539 g/mol. The molecule has 1 amide bonds. The van der Waals surface area contributed by atoms with Crippen LogP contribution in [0.25, 0.3) is 10.2 Å². The lowest BCUT2D eigenvalue weighted by Crippen LogP contribution is -2.42. The lowest BCUT2D eigenvalue weighted by atomic mass is 9.99. The molecule has 1 saturated heterocycles. The van der Waals surface area contributed by atoms with Crippen molar-refractivity contribution >= 4 is 60.5 Å². The normalized spacial score (nSPS) is 17.5. The van der Waals surface area contributed by atoms with Crippen LogP contribution in [0, 0.1) is 16.0 Å². The lowest BCUT2D eigenvalue weighted by Gasteiger charge is -2.29. The van der Waals surface area contributed by atoms with Crippen molar-refractivity contribution in [1.29, 1.82) is 0 Å². The van der Waals surface area contributed by atoms with Crippen molar-refractivity contribution in [1.82, 2.24) is 8.87 Å². The highest BCUT2D eigenvalue weighted by Crippen LogP contribution is 2.27. The second kappa shape index (κ2) is 10.4. The van der Waals surface area contributed by atoms with Gasteiger partial charge in [-0.05, 0) is 37.3 Å². The highest BCUT2D eigenvalue weighted by atomic mass is 32.2. The number of hydrogen-bond donors (Lipinski definition) is 0. The molecule has 186 valence electrons. The number of rotatable bonds is 7. The van der Waals surface area contributed by atoms with Crippen LogP contribution >= 0.6 is 22.7 Å². The maximum atomic E-state index is 13.1. The zero-order valence-corrected chi connectivity index (χ0v) is 21.1. The summed E-state index contributed by atoms with van der Waals surface area (Å²) in [5.74, 6) is -1.69. The SMILES string of the molecule is CCOC(=O)Cn1c(=NC(=O)C2CCCN(S(=O)(=O)c3cccs3)C2)sc2cc([N+](=O)[O-])ccc21. The number of ether oxygens (including phenoxy) is 1. The predicted molar refractivity (Wildman–Crippen MR) is 129 cm³/mol. The number of hydrogen-bond acceptors (Lipinski definition) is 9. The van der Waals surface area contributed by atoms with E-state index in [-0.39, 0.29) is 34.4 Å². The van der Waals surface area contributed by atoms with Crippen LogP contribution in [0.1, 0.15) is 19.8 Å². The number of carbonyl (C=O) groups excluding carboxylic acids is 2. The number of piperidine rings is 1. The molecule has 3 heterocycles. The number of nitro groups is 1. The molecule has 11 nitrogen and oxygen atoms in total. The van der Waals surface area contributed by atoms with Gasteiger partial charge in [0.2, 0.25) is 0 Å². The minimum absolute atomic E-state index is 0.0107. The number of fused-ring (bicyclic) bond motifs is 1.